The Bertz CT molecular complexity index is 1230. The van der Waals surface area contributed by atoms with Crippen molar-refractivity contribution in [2.75, 3.05) is 26.3 Å². The van der Waals surface area contributed by atoms with Crippen molar-refractivity contribution in [1.82, 2.24) is 9.88 Å². The summed E-state index contributed by atoms with van der Waals surface area (Å²) < 4.78 is 17.4. The number of rotatable bonds is 7. The second-order valence-corrected chi connectivity index (χ2v) is 7.73. The first-order valence-corrected chi connectivity index (χ1v) is 10.5. The van der Waals surface area contributed by atoms with Crippen molar-refractivity contribution in [1.29, 1.82) is 0 Å². The third-order valence-electron chi connectivity index (χ3n) is 5.58. The average molecular weight is 416 g/mol. The molecular formula is C25H24N2O4. The maximum absolute atomic E-state index is 12.2. The summed E-state index contributed by atoms with van der Waals surface area (Å²) in [5.74, 6) is 1.62. The number of cyclic esters (lactones) is 1. The van der Waals surface area contributed by atoms with Gasteiger partial charge in [0.15, 0.2) is 6.10 Å². The van der Waals surface area contributed by atoms with E-state index in [0.29, 0.717) is 26.3 Å². The lowest BCUT2D eigenvalue weighted by Gasteiger charge is -2.15. The SMILES string of the molecule is Cc1ccccc1OCCN1CC(COc2cccc3[nH]c4ccccc4c23)OC1=O. The Hall–Kier alpha value is -3.67. The van der Waals surface area contributed by atoms with Crippen LogP contribution in [0.3, 0.4) is 0 Å². The van der Waals surface area contributed by atoms with Gasteiger partial charge < -0.3 is 24.1 Å². The molecule has 1 fully saturated rings. The number of carbonyl (C=O) groups is 1. The molecule has 0 saturated carbocycles. The van der Waals surface area contributed by atoms with E-state index in [1.165, 1.54) is 0 Å². The number of H-pyrrole nitrogens is 1. The largest absolute Gasteiger partial charge is 0.491 e. The monoisotopic (exact) mass is 416 g/mol. The highest BCUT2D eigenvalue weighted by molar-refractivity contribution is 6.10. The van der Waals surface area contributed by atoms with Gasteiger partial charge in [-0.2, -0.15) is 0 Å². The first-order chi connectivity index (χ1) is 15.2. The summed E-state index contributed by atoms with van der Waals surface area (Å²) in [4.78, 5) is 17.3. The van der Waals surface area contributed by atoms with Crippen LogP contribution in [0.1, 0.15) is 5.56 Å². The quantitative estimate of drug-likeness (QED) is 0.465. The number of hydrogen-bond donors (Lipinski definition) is 1. The Balaban J connectivity index is 1.20. The van der Waals surface area contributed by atoms with Crippen LogP contribution in [0.4, 0.5) is 4.79 Å². The van der Waals surface area contributed by atoms with Gasteiger partial charge >= 0.3 is 6.09 Å². The molecule has 2 heterocycles. The molecule has 1 amide bonds. The zero-order chi connectivity index (χ0) is 21.2. The molecule has 0 aliphatic carbocycles. The topological polar surface area (TPSA) is 63.8 Å². The minimum Gasteiger partial charge on any atom is -0.491 e. The first kappa shape index (κ1) is 19.3. The molecule has 1 aliphatic rings. The molecule has 6 heteroatoms. The smallest absolute Gasteiger partial charge is 0.410 e. The summed E-state index contributed by atoms with van der Waals surface area (Å²) >= 11 is 0. The number of ether oxygens (including phenoxy) is 3. The number of fused-ring (bicyclic) bond motifs is 3. The van der Waals surface area contributed by atoms with E-state index in [2.05, 4.69) is 17.1 Å². The van der Waals surface area contributed by atoms with E-state index >= 15 is 0 Å². The van der Waals surface area contributed by atoms with Crippen molar-refractivity contribution in [3.8, 4) is 11.5 Å². The van der Waals surface area contributed by atoms with Gasteiger partial charge in [0.05, 0.1) is 18.6 Å². The fourth-order valence-electron chi connectivity index (χ4n) is 4.00. The molecule has 1 aromatic heterocycles. The Kier molecular flexibility index (Phi) is 5.12. The molecule has 1 saturated heterocycles. The van der Waals surface area contributed by atoms with Crippen LogP contribution in [0.25, 0.3) is 21.8 Å². The first-order valence-electron chi connectivity index (χ1n) is 10.5. The number of hydrogen-bond acceptors (Lipinski definition) is 4. The van der Waals surface area contributed by atoms with Crippen molar-refractivity contribution in [3.63, 3.8) is 0 Å². The van der Waals surface area contributed by atoms with Gasteiger partial charge in [-0.1, -0.05) is 42.5 Å². The summed E-state index contributed by atoms with van der Waals surface area (Å²) in [5, 5.41) is 2.16. The zero-order valence-corrected chi connectivity index (χ0v) is 17.3. The Labute approximate surface area is 180 Å². The zero-order valence-electron chi connectivity index (χ0n) is 17.3. The van der Waals surface area contributed by atoms with Crippen LogP contribution in [0.5, 0.6) is 11.5 Å². The van der Waals surface area contributed by atoms with E-state index in [-0.39, 0.29) is 12.2 Å². The molecule has 0 radical (unpaired) electrons. The van der Waals surface area contributed by atoms with E-state index in [4.69, 9.17) is 14.2 Å². The second-order valence-electron chi connectivity index (χ2n) is 7.73. The lowest BCUT2D eigenvalue weighted by molar-refractivity contribution is 0.103. The predicted octanol–water partition coefficient (Wildman–Crippen LogP) is 4.91. The fraction of sp³-hybridized carbons (Fsp3) is 0.240. The maximum Gasteiger partial charge on any atom is 0.410 e. The van der Waals surface area contributed by atoms with Gasteiger partial charge in [0.1, 0.15) is 24.7 Å². The van der Waals surface area contributed by atoms with Crippen LogP contribution in [-0.4, -0.2) is 48.4 Å². The highest BCUT2D eigenvalue weighted by Gasteiger charge is 2.31. The number of carbonyl (C=O) groups excluding carboxylic acids is 1. The van der Waals surface area contributed by atoms with Crippen molar-refractivity contribution in [2.24, 2.45) is 0 Å². The normalized spacial score (nSPS) is 16.1. The van der Waals surface area contributed by atoms with Crippen LogP contribution in [0, 0.1) is 6.92 Å². The van der Waals surface area contributed by atoms with Crippen LogP contribution in [0.15, 0.2) is 66.7 Å². The molecule has 6 nitrogen and oxygen atoms in total. The molecule has 158 valence electrons. The molecule has 0 spiro atoms. The van der Waals surface area contributed by atoms with Gasteiger partial charge in [-0.15, -0.1) is 0 Å². The van der Waals surface area contributed by atoms with E-state index in [9.17, 15) is 4.79 Å². The molecule has 0 bridgehead atoms. The van der Waals surface area contributed by atoms with Gasteiger partial charge in [-0.25, -0.2) is 4.79 Å². The summed E-state index contributed by atoms with van der Waals surface area (Å²) in [6.45, 7) is 3.68. The average Bonchev–Trinajstić information content (AvgIpc) is 3.34. The van der Waals surface area contributed by atoms with Crippen LogP contribution < -0.4 is 9.47 Å². The molecule has 31 heavy (non-hydrogen) atoms. The Morgan fingerprint density at radius 2 is 1.74 bits per heavy atom. The molecule has 4 aromatic rings. The number of benzene rings is 3. The lowest BCUT2D eigenvalue weighted by Crippen LogP contribution is -2.30. The maximum atomic E-state index is 12.2. The Morgan fingerprint density at radius 1 is 0.968 bits per heavy atom. The van der Waals surface area contributed by atoms with E-state index in [1.807, 2.05) is 61.5 Å². The fourth-order valence-corrected chi connectivity index (χ4v) is 4.00. The van der Waals surface area contributed by atoms with E-state index in [0.717, 1.165) is 38.9 Å². The number of nitrogens with zero attached hydrogens (tertiary/aromatic N) is 1. The third kappa shape index (κ3) is 3.89. The molecule has 5 rings (SSSR count). The van der Waals surface area contributed by atoms with Gasteiger partial charge in [-0.05, 0) is 36.8 Å². The number of nitrogens with one attached hydrogen (secondary N) is 1. The molecule has 1 atom stereocenters. The van der Waals surface area contributed by atoms with E-state index < -0.39 is 0 Å². The minimum atomic E-state index is -0.327. The summed E-state index contributed by atoms with van der Waals surface area (Å²) in [5.41, 5.74) is 3.17. The Morgan fingerprint density at radius 3 is 2.65 bits per heavy atom. The summed E-state index contributed by atoms with van der Waals surface area (Å²) in [6.07, 6.45) is -0.640. The number of amides is 1. The van der Waals surface area contributed by atoms with E-state index in [1.54, 1.807) is 4.90 Å². The minimum absolute atomic E-state index is 0.305. The number of aryl methyl sites for hydroxylation is 1. The molecule has 1 aliphatic heterocycles. The molecule has 3 aromatic carbocycles. The van der Waals surface area contributed by atoms with Crippen LogP contribution in [0.2, 0.25) is 0 Å². The number of aromatic nitrogens is 1. The summed E-state index contributed by atoms with van der Waals surface area (Å²) in [6, 6.07) is 21.9. The molecular weight excluding hydrogens is 392 g/mol. The highest BCUT2D eigenvalue weighted by atomic mass is 16.6. The number of para-hydroxylation sites is 2. The predicted molar refractivity (Wildman–Crippen MR) is 120 cm³/mol. The van der Waals surface area contributed by atoms with Gasteiger partial charge in [0.25, 0.3) is 0 Å². The van der Waals surface area contributed by atoms with Gasteiger partial charge in [-0.3, -0.25) is 0 Å². The molecule has 1 N–H and O–H groups in total. The third-order valence-corrected chi connectivity index (χ3v) is 5.58. The van der Waals surface area contributed by atoms with Crippen molar-refractivity contribution in [2.45, 2.75) is 13.0 Å². The van der Waals surface area contributed by atoms with Crippen LogP contribution in [-0.2, 0) is 4.74 Å². The number of aromatic amines is 1. The summed E-state index contributed by atoms with van der Waals surface area (Å²) in [7, 11) is 0. The molecule has 1 unspecified atom stereocenters. The second kappa shape index (κ2) is 8.22. The lowest BCUT2D eigenvalue weighted by atomic mass is 10.1. The standard InChI is InChI=1S/C25H24N2O4/c1-17-7-2-5-11-22(17)29-14-13-27-15-18(31-25(27)28)16-30-23-12-6-10-21-24(23)19-8-3-4-9-20(19)26-21/h2-12,18,26H,13-16H2,1H3. The van der Waals surface area contributed by atoms with Gasteiger partial charge in [0, 0.05) is 16.3 Å². The van der Waals surface area contributed by atoms with Crippen molar-refractivity contribution in [3.05, 3.63) is 72.3 Å². The highest BCUT2D eigenvalue weighted by Crippen LogP contribution is 2.33. The van der Waals surface area contributed by atoms with Crippen molar-refractivity contribution < 1.29 is 19.0 Å². The van der Waals surface area contributed by atoms with Gasteiger partial charge in [0.2, 0.25) is 0 Å². The van der Waals surface area contributed by atoms with Crippen molar-refractivity contribution >= 4 is 27.9 Å². The van der Waals surface area contributed by atoms with Crippen LogP contribution >= 0.6 is 0 Å².